The minimum atomic E-state index is 0.0563. The molecule has 112 valence electrons. The Morgan fingerprint density at radius 2 is 2.00 bits per heavy atom. The van der Waals surface area contributed by atoms with E-state index < -0.39 is 0 Å². The number of nitrogens with zero attached hydrogens (tertiary/aromatic N) is 1. The smallest absolute Gasteiger partial charge is 0.0702 e. The standard InChI is InChI=1S/C17H26ClNO/c1-13(2)10-11-19(15-7-3-4-8-15)17-14(12-20)6-5-9-16(17)18/h5-6,9,13,15,20H,3-4,7-8,10-12H2,1-2H3. The molecule has 0 spiro atoms. The summed E-state index contributed by atoms with van der Waals surface area (Å²) in [6, 6.07) is 6.43. The molecule has 0 aromatic heterocycles. The molecule has 1 aromatic rings. The highest BCUT2D eigenvalue weighted by molar-refractivity contribution is 6.33. The lowest BCUT2D eigenvalue weighted by atomic mass is 10.1. The molecule has 0 heterocycles. The zero-order chi connectivity index (χ0) is 14.5. The quantitative estimate of drug-likeness (QED) is 0.827. The molecule has 1 saturated carbocycles. The lowest BCUT2D eigenvalue weighted by molar-refractivity contribution is 0.281. The van der Waals surface area contributed by atoms with E-state index in [1.807, 2.05) is 18.2 Å². The number of rotatable bonds is 6. The van der Waals surface area contributed by atoms with Crippen molar-refractivity contribution >= 4 is 17.3 Å². The SMILES string of the molecule is CC(C)CCN(c1c(Cl)cccc1CO)C1CCCC1. The van der Waals surface area contributed by atoms with E-state index in [0.717, 1.165) is 29.2 Å². The predicted molar refractivity (Wildman–Crippen MR) is 86.4 cm³/mol. The summed E-state index contributed by atoms with van der Waals surface area (Å²) in [6.45, 7) is 5.60. The summed E-state index contributed by atoms with van der Waals surface area (Å²) in [6.07, 6.45) is 6.26. The van der Waals surface area contributed by atoms with Gasteiger partial charge >= 0.3 is 0 Å². The van der Waals surface area contributed by atoms with Crippen molar-refractivity contribution < 1.29 is 5.11 Å². The summed E-state index contributed by atoms with van der Waals surface area (Å²) in [7, 11) is 0. The number of benzene rings is 1. The number of hydrogen-bond acceptors (Lipinski definition) is 2. The van der Waals surface area contributed by atoms with Crippen LogP contribution in [0.15, 0.2) is 18.2 Å². The Hall–Kier alpha value is -0.730. The van der Waals surface area contributed by atoms with Crippen LogP contribution in [0.4, 0.5) is 5.69 Å². The van der Waals surface area contributed by atoms with Crippen LogP contribution < -0.4 is 4.90 Å². The number of aliphatic hydroxyl groups is 1. The third-order valence-electron chi connectivity index (χ3n) is 4.24. The van der Waals surface area contributed by atoms with E-state index in [-0.39, 0.29) is 6.61 Å². The normalized spacial score (nSPS) is 16.1. The van der Waals surface area contributed by atoms with Crippen molar-refractivity contribution in [2.24, 2.45) is 5.92 Å². The third kappa shape index (κ3) is 3.67. The van der Waals surface area contributed by atoms with E-state index in [4.69, 9.17) is 11.6 Å². The van der Waals surface area contributed by atoms with Crippen molar-refractivity contribution in [3.8, 4) is 0 Å². The van der Waals surface area contributed by atoms with E-state index >= 15 is 0 Å². The molecule has 0 bridgehead atoms. The second-order valence-corrected chi connectivity index (χ2v) is 6.63. The lowest BCUT2D eigenvalue weighted by Crippen LogP contribution is -2.35. The molecular formula is C17H26ClNO. The number of hydrogen-bond donors (Lipinski definition) is 1. The Morgan fingerprint density at radius 1 is 1.30 bits per heavy atom. The topological polar surface area (TPSA) is 23.5 Å². The van der Waals surface area contributed by atoms with E-state index in [9.17, 15) is 5.11 Å². The van der Waals surface area contributed by atoms with Crippen molar-refractivity contribution in [2.45, 2.75) is 58.6 Å². The molecule has 1 aromatic carbocycles. The highest BCUT2D eigenvalue weighted by atomic mass is 35.5. The van der Waals surface area contributed by atoms with Gasteiger partial charge in [-0.25, -0.2) is 0 Å². The summed E-state index contributed by atoms with van der Waals surface area (Å²) in [5, 5.41) is 10.4. The monoisotopic (exact) mass is 295 g/mol. The van der Waals surface area contributed by atoms with Crippen molar-refractivity contribution in [1.82, 2.24) is 0 Å². The van der Waals surface area contributed by atoms with Crippen molar-refractivity contribution in [1.29, 1.82) is 0 Å². The van der Waals surface area contributed by atoms with Crippen LogP contribution >= 0.6 is 11.6 Å². The van der Waals surface area contributed by atoms with Crippen LogP contribution in [0.3, 0.4) is 0 Å². The molecule has 0 aliphatic heterocycles. The molecule has 1 N–H and O–H groups in total. The van der Waals surface area contributed by atoms with E-state index in [2.05, 4.69) is 18.7 Å². The fourth-order valence-corrected chi connectivity index (χ4v) is 3.40. The maximum atomic E-state index is 9.63. The minimum Gasteiger partial charge on any atom is -0.392 e. The van der Waals surface area contributed by atoms with Crippen LogP contribution in [0.2, 0.25) is 5.02 Å². The van der Waals surface area contributed by atoms with Gasteiger partial charge in [-0.05, 0) is 31.2 Å². The molecule has 2 rings (SSSR count). The number of halogens is 1. The van der Waals surface area contributed by atoms with Crippen molar-refractivity contribution in [2.75, 3.05) is 11.4 Å². The van der Waals surface area contributed by atoms with Gasteiger partial charge in [0.25, 0.3) is 0 Å². The van der Waals surface area contributed by atoms with Gasteiger partial charge in [-0.3, -0.25) is 0 Å². The molecule has 0 radical (unpaired) electrons. The fraction of sp³-hybridized carbons (Fsp3) is 0.647. The Bertz CT molecular complexity index is 427. The second kappa shape index (κ2) is 7.33. The van der Waals surface area contributed by atoms with Gasteiger partial charge in [0, 0.05) is 18.2 Å². The van der Waals surface area contributed by atoms with Gasteiger partial charge in [0.05, 0.1) is 17.3 Å². The summed E-state index contributed by atoms with van der Waals surface area (Å²) in [4.78, 5) is 2.46. The van der Waals surface area contributed by atoms with Crippen LogP contribution in [0.25, 0.3) is 0 Å². The molecule has 20 heavy (non-hydrogen) atoms. The first-order valence-electron chi connectivity index (χ1n) is 7.78. The van der Waals surface area contributed by atoms with Crippen molar-refractivity contribution in [3.63, 3.8) is 0 Å². The van der Waals surface area contributed by atoms with Gasteiger partial charge < -0.3 is 10.0 Å². The molecule has 0 unspecified atom stereocenters. The molecule has 1 aliphatic carbocycles. The highest BCUT2D eigenvalue weighted by Crippen LogP contribution is 2.36. The van der Waals surface area contributed by atoms with Crippen molar-refractivity contribution in [3.05, 3.63) is 28.8 Å². The van der Waals surface area contributed by atoms with Gasteiger partial charge in [0.2, 0.25) is 0 Å². The maximum Gasteiger partial charge on any atom is 0.0702 e. The minimum absolute atomic E-state index is 0.0563. The molecule has 0 atom stereocenters. The van der Waals surface area contributed by atoms with E-state index in [0.29, 0.717) is 12.0 Å². The molecule has 3 heteroatoms. The van der Waals surface area contributed by atoms with Crippen LogP contribution in [-0.2, 0) is 6.61 Å². The van der Waals surface area contributed by atoms with Crippen LogP contribution in [-0.4, -0.2) is 17.7 Å². The van der Waals surface area contributed by atoms with E-state index in [1.54, 1.807) is 0 Å². The molecule has 1 fully saturated rings. The van der Waals surface area contributed by atoms with Gasteiger partial charge in [-0.15, -0.1) is 0 Å². The van der Waals surface area contributed by atoms with Crippen LogP contribution in [0.5, 0.6) is 0 Å². The van der Waals surface area contributed by atoms with E-state index in [1.165, 1.54) is 25.7 Å². The van der Waals surface area contributed by atoms with Gasteiger partial charge in [-0.1, -0.05) is 50.4 Å². The van der Waals surface area contributed by atoms with Gasteiger partial charge in [0.1, 0.15) is 0 Å². The Balaban J connectivity index is 2.29. The zero-order valence-electron chi connectivity index (χ0n) is 12.6. The summed E-state index contributed by atoms with van der Waals surface area (Å²) in [5.41, 5.74) is 2.01. The molecule has 0 saturated heterocycles. The highest BCUT2D eigenvalue weighted by Gasteiger charge is 2.25. The lowest BCUT2D eigenvalue weighted by Gasteiger charge is -2.34. The predicted octanol–water partition coefficient (Wildman–Crippen LogP) is 4.63. The molecule has 0 amide bonds. The summed E-state index contributed by atoms with van der Waals surface area (Å²) < 4.78 is 0. The zero-order valence-corrected chi connectivity index (χ0v) is 13.4. The number of para-hydroxylation sites is 1. The fourth-order valence-electron chi connectivity index (χ4n) is 3.10. The molecule has 1 aliphatic rings. The summed E-state index contributed by atoms with van der Waals surface area (Å²) in [5.74, 6) is 0.680. The average Bonchev–Trinajstić information content (AvgIpc) is 2.94. The largest absolute Gasteiger partial charge is 0.392 e. The van der Waals surface area contributed by atoms with Gasteiger partial charge in [-0.2, -0.15) is 0 Å². The first-order valence-corrected chi connectivity index (χ1v) is 8.16. The van der Waals surface area contributed by atoms with Crippen LogP contribution in [0.1, 0.15) is 51.5 Å². The maximum absolute atomic E-state index is 9.63. The van der Waals surface area contributed by atoms with Crippen LogP contribution in [0, 0.1) is 5.92 Å². The summed E-state index contributed by atoms with van der Waals surface area (Å²) >= 11 is 6.44. The first kappa shape index (κ1) is 15.7. The number of anilines is 1. The van der Waals surface area contributed by atoms with Gasteiger partial charge in [0.15, 0.2) is 0 Å². The average molecular weight is 296 g/mol. The first-order chi connectivity index (χ1) is 9.63. The molecular weight excluding hydrogens is 270 g/mol. The molecule has 2 nitrogen and oxygen atoms in total. The second-order valence-electron chi connectivity index (χ2n) is 6.22. The number of aliphatic hydroxyl groups excluding tert-OH is 1. The Kier molecular flexibility index (Phi) is 5.74. The third-order valence-corrected chi connectivity index (χ3v) is 4.55. The Morgan fingerprint density at radius 3 is 2.60 bits per heavy atom. The Labute approximate surface area is 127 Å².